The fourth-order valence-electron chi connectivity index (χ4n) is 2.79. The van der Waals surface area contributed by atoms with Crippen molar-refractivity contribution in [1.29, 1.82) is 0 Å². The summed E-state index contributed by atoms with van der Waals surface area (Å²) in [7, 11) is 2.08. The van der Waals surface area contributed by atoms with E-state index in [1.165, 1.54) is 18.4 Å². The van der Waals surface area contributed by atoms with E-state index in [2.05, 4.69) is 46.6 Å². The highest BCUT2D eigenvalue weighted by Gasteiger charge is 2.30. The number of rotatable bonds is 6. The summed E-state index contributed by atoms with van der Waals surface area (Å²) in [6.07, 6.45) is 2.24. The molecule has 4 heteroatoms. The Labute approximate surface area is 120 Å². The maximum Gasteiger partial charge on any atom is 0.106 e. The standard InChI is InChI=1S/C16H23N3O/c1-12-17-14-5-3-4-6-15(14)19(12)10-9-18(2)11-16(20)13-7-8-13/h3-6,13,16,20H,7-11H2,1-2H3. The Balaban J connectivity index is 1.62. The topological polar surface area (TPSA) is 41.3 Å². The molecule has 1 N–H and O–H groups in total. The Bertz CT molecular complexity index is 588. The van der Waals surface area contributed by atoms with Crippen molar-refractivity contribution in [2.45, 2.75) is 32.4 Å². The molecule has 0 bridgehead atoms. The first-order valence-corrected chi connectivity index (χ1v) is 7.43. The second kappa shape index (κ2) is 5.54. The van der Waals surface area contributed by atoms with Crippen LogP contribution in [0.5, 0.6) is 0 Å². The molecule has 0 radical (unpaired) electrons. The third-order valence-electron chi connectivity index (χ3n) is 4.22. The lowest BCUT2D eigenvalue weighted by Crippen LogP contribution is -2.32. The average Bonchev–Trinajstić information content (AvgIpc) is 3.21. The molecule has 4 nitrogen and oxygen atoms in total. The van der Waals surface area contributed by atoms with Crippen LogP contribution in [0.4, 0.5) is 0 Å². The Kier molecular flexibility index (Phi) is 3.76. The van der Waals surface area contributed by atoms with Crippen molar-refractivity contribution in [3.8, 4) is 0 Å². The number of aliphatic hydroxyl groups is 1. The first-order chi connectivity index (χ1) is 9.65. The second-order valence-corrected chi connectivity index (χ2v) is 5.97. The predicted molar refractivity (Wildman–Crippen MR) is 80.7 cm³/mol. The van der Waals surface area contributed by atoms with Gasteiger partial charge in [0.05, 0.1) is 17.1 Å². The van der Waals surface area contributed by atoms with Gasteiger partial charge in [-0.1, -0.05) is 12.1 Å². The molecular weight excluding hydrogens is 250 g/mol. The fraction of sp³-hybridized carbons (Fsp3) is 0.562. The largest absolute Gasteiger partial charge is 0.392 e. The molecule has 3 rings (SSSR count). The van der Waals surface area contributed by atoms with Crippen molar-refractivity contribution >= 4 is 11.0 Å². The SMILES string of the molecule is Cc1nc2ccccc2n1CCN(C)CC(O)C1CC1. The van der Waals surface area contributed by atoms with Crippen LogP contribution in [0.3, 0.4) is 0 Å². The summed E-state index contributed by atoms with van der Waals surface area (Å²) in [6, 6.07) is 8.26. The van der Waals surface area contributed by atoms with E-state index in [-0.39, 0.29) is 6.10 Å². The van der Waals surface area contributed by atoms with Crippen LogP contribution in [0.1, 0.15) is 18.7 Å². The maximum atomic E-state index is 9.98. The van der Waals surface area contributed by atoms with Crippen molar-refractivity contribution in [2.75, 3.05) is 20.1 Å². The first-order valence-electron chi connectivity index (χ1n) is 7.43. The molecule has 108 valence electrons. The molecule has 1 fully saturated rings. The van der Waals surface area contributed by atoms with Crippen molar-refractivity contribution in [3.63, 3.8) is 0 Å². The van der Waals surface area contributed by atoms with Crippen LogP contribution in [-0.2, 0) is 6.54 Å². The lowest BCUT2D eigenvalue weighted by atomic mass is 10.2. The minimum Gasteiger partial charge on any atom is -0.392 e. The fourth-order valence-corrected chi connectivity index (χ4v) is 2.79. The second-order valence-electron chi connectivity index (χ2n) is 5.97. The van der Waals surface area contributed by atoms with Gasteiger partial charge in [0.25, 0.3) is 0 Å². The molecule has 1 aliphatic carbocycles. The molecule has 1 aliphatic rings. The lowest BCUT2D eigenvalue weighted by Gasteiger charge is -2.21. The number of aryl methyl sites for hydroxylation is 1. The van der Waals surface area contributed by atoms with E-state index in [9.17, 15) is 5.11 Å². The zero-order valence-corrected chi connectivity index (χ0v) is 12.3. The van der Waals surface area contributed by atoms with Gasteiger partial charge in [-0.25, -0.2) is 4.98 Å². The summed E-state index contributed by atoms with van der Waals surface area (Å²) in [6.45, 7) is 4.68. The van der Waals surface area contributed by atoms with E-state index in [4.69, 9.17) is 0 Å². The molecule has 0 spiro atoms. The van der Waals surface area contributed by atoms with E-state index in [0.29, 0.717) is 5.92 Å². The van der Waals surface area contributed by atoms with E-state index >= 15 is 0 Å². The van der Waals surface area contributed by atoms with Crippen LogP contribution in [0, 0.1) is 12.8 Å². The van der Waals surface area contributed by atoms with Crippen molar-refractivity contribution in [3.05, 3.63) is 30.1 Å². The summed E-state index contributed by atoms with van der Waals surface area (Å²) >= 11 is 0. The lowest BCUT2D eigenvalue weighted by molar-refractivity contribution is 0.105. The maximum absolute atomic E-state index is 9.98. The highest BCUT2D eigenvalue weighted by molar-refractivity contribution is 5.75. The Morgan fingerprint density at radius 1 is 1.40 bits per heavy atom. The predicted octanol–water partition coefficient (Wildman–Crippen LogP) is 2.05. The van der Waals surface area contributed by atoms with Crippen LogP contribution in [0.2, 0.25) is 0 Å². The van der Waals surface area contributed by atoms with Crippen LogP contribution >= 0.6 is 0 Å². The number of likely N-dealkylation sites (N-methyl/N-ethyl adjacent to an activating group) is 1. The molecule has 0 amide bonds. The number of para-hydroxylation sites is 2. The molecule has 1 atom stereocenters. The highest BCUT2D eigenvalue weighted by Crippen LogP contribution is 2.32. The molecule has 1 saturated carbocycles. The zero-order chi connectivity index (χ0) is 14.1. The molecule has 0 saturated heterocycles. The normalized spacial score (nSPS) is 17.0. The molecule has 1 aromatic carbocycles. The average molecular weight is 273 g/mol. The number of nitrogens with zero attached hydrogens (tertiary/aromatic N) is 3. The third kappa shape index (κ3) is 2.86. The van der Waals surface area contributed by atoms with Crippen LogP contribution in [-0.4, -0.2) is 45.8 Å². The summed E-state index contributed by atoms with van der Waals surface area (Å²) in [5.74, 6) is 1.61. The molecular formula is C16H23N3O. The highest BCUT2D eigenvalue weighted by atomic mass is 16.3. The minimum absolute atomic E-state index is 0.152. The van der Waals surface area contributed by atoms with Crippen LogP contribution < -0.4 is 0 Å². The number of aromatic nitrogens is 2. The van der Waals surface area contributed by atoms with Gasteiger partial charge in [0.2, 0.25) is 0 Å². The number of hydrogen-bond donors (Lipinski definition) is 1. The van der Waals surface area contributed by atoms with Gasteiger partial charge in [-0.2, -0.15) is 0 Å². The van der Waals surface area contributed by atoms with Gasteiger partial charge in [0.1, 0.15) is 5.82 Å². The molecule has 2 aromatic rings. The van der Waals surface area contributed by atoms with Gasteiger partial charge in [0, 0.05) is 19.6 Å². The van der Waals surface area contributed by atoms with E-state index in [1.54, 1.807) is 0 Å². The summed E-state index contributed by atoms with van der Waals surface area (Å²) < 4.78 is 2.26. The Morgan fingerprint density at radius 3 is 2.90 bits per heavy atom. The molecule has 0 aliphatic heterocycles. The minimum atomic E-state index is -0.152. The molecule has 20 heavy (non-hydrogen) atoms. The summed E-state index contributed by atoms with van der Waals surface area (Å²) in [5, 5.41) is 9.98. The molecule has 1 unspecified atom stereocenters. The summed E-state index contributed by atoms with van der Waals surface area (Å²) in [5.41, 5.74) is 2.26. The Morgan fingerprint density at radius 2 is 2.15 bits per heavy atom. The van der Waals surface area contributed by atoms with E-state index in [0.717, 1.165) is 31.0 Å². The first kappa shape index (κ1) is 13.6. The van der Waals surface area contributed by atoms with E-state index in [1.807, 2.05) is 6.07 Å². The van der Waals surface area contributed by atoms with Crippen molar-refractivity contribution in [1.82, 2.24) is 14.5 Å². The number of hydrogen-bond acceptors (Lipinski definition) is 3. The van der Waals surface area contributed by atoms with Gasteiger partial charge in [-0.3, -0.25) is 0 Å². The molecule has 1 heterocycles. The molecule has 1 aromatic heterocycles. The number of aliphatic hydroxyl groups excluding tert-OH is 1. The monoisotopic (exact) mass is 273 g/mol. The smallest absolute Gasteiger partial charge is 0.106 e. The van der Waals surface area contributed by atoms with Gasteiger partial charge in [-0.15, -0.1) is 0 Å². The Hall–Kier alpha value is -1.39. The zero-order valence-electron chi connectivity index (χ0n) is 12.3. The van der Waals surface area contributed by atoms with Crippen molar-refractivity contribution < 1.29 is 5.11 Å². The van der Waals surface area contributed by atoms with Gasteiger partial charge < -0.3 is 14.6 Å². The van der Waals surface area contributed by atoms with Crippen LogP contribution in [0.25, 0.3) is 11.0 Å². The quantitative estimate of drug-likeness (QED) is 0.876. The summed E-state index contributed by atoms with van der Waals surface area (Å²) in [4.78, 5) is 6.80. The van der Waals surface area contributed by atoms with Gasteiger partial charge in [0.15, 0.2) is 0 Å². The van der Waals surface area contributed by atoms with E-state index < -0.39 is 0 Å². The van der Waals surface area contributed by atoms with Crippen LogP contribution in [0.15, 0.2) is 24.3 Å². The number of imidazole rings is 1. The van der Waals surface area contributed by atoms with Gasteiger partial charge in [-0.05, 0) is 44.9 Å². The van der Waals surface area contributed by atoms with Crippen molar-refractivity contribution in [2.24, 2.45) is 5.92 Å². The third-order valence-corrected chi connectivity index (χ3v) is 4.22. The van der Waals surface area contributed by atoms with Gasteiger partial charge >= 0.3 is 0 Å². The number of fused-ring (bicyclic) bond motifs is 1. The number of benzene rings is 1.